The second-order valence-electron chi connectivity index (χ2n) is 5.79. The number of benzene rings is 1. The van der Waals surface area contributed by atoms with Gasteiger partial charge in [-0.2, -0.15) is 0 Å². The molecule has 0 unspecified atom stereocenters. The fourth-order valence-corrected chi connectivity index (χ4v) is 2.82. The summed E-state index contributed by atoms with van der Waals surface area (Å²) < 4.78 is 0. The Morgan fingerprint density at radius 1 is 1.32 bits per heavy atom. The van der Waals surface area contributed by atoms with Crippen molar-refractivity contribution in [3.05, 3.63) is 23.8 Å². The van der Waals surface area contributed by atoms with E-state index in [4.69, 9.17) is 5.73 Å². The molecule has 2 fully saturated rings. The van der Waals surface area contributed by atoms with Gasteiger partial charge in [0, 0.05) is 6.54 Å². The molecule has 2 aliphatic carbocycles. The van der Waals surface area contributed by atoms with Crippen molar-refractivity contribution in [2.24, 2.45) is 17.8 Å². The lowest BCUT2D eigenvalue weighted by Gasteiger charge is -2.16. The minimum absolute atomic E-state index is 0.116. The van der Waals surface area contributed by atoms with Gasteiger partial charge in [-0.15, -0.1) is 0 Å². The monoisotopic (exact) mass is 260 g/mol. The maximum Gasteiger partial charge on any atom is 0.255 e. The first-order valence-electron chi connectivity index (χ1n) is 7.02. The van der Waals surface area contributed by atoms with Crippen LogP contribution in [0.15, 0.2) is 18.2 Å². The number of aromatic hydroxyl groups is 1. The number of hydrogen-bond acceptors (Lipinski definition) is 3. The lowest BCUT2D eigenvalue weighted by atomic mass is 9.98. The molecule has 0 heterocycles. The second kappa shape index (κ2) is 4.76. The summed E-state index contributed by atoms with van der Waals surface area (Å²) in [6, 6.07) is 4.87. The van der Waals surface area contributed by atoms with Crippen LogP contribution >= 0.6 is 0 Å². The van der Waals surface area contributed by atoms with Gasteiger partial charge in [-0.25, -0.2) is 0 Å². The Balaban J connectivity index is 1.62. The van der Waals surface area contributed by atoms with Gasteiger partial charge in [0.25, 0.3) is 5.91 Å². The molecule has 19 heavy (non-hydrogen) atoms. The van der Waals surface area contributed by atoms with E-state index < -0.39 is 0 Å². The standard InChI is InChI=1S/C15H20N2O2/c16-13-3-1-2-11(14(13)18)15(19)17-8-12(9-4-5-9)10-6-7-10/h1-3,9-10,12,18H,4-8,16H2,(H,17,19). The smallest absolute Gasteiger partial charge is 0.255 e. The van der Waals surface area contributed by atoms with Crippen LogP contribution in [-0.2, 0) is 0 Å². The molecular formula is C15H20N2O2. The normalized spacial score (nSPS) is 18.6. The van der Waals surface area contributed by atoms with Crippen LogP contribution in [0.4, 0.5) is 5.69 Å². The predicted molar refractivity (Wildman–Crippen MR) is 73.8 cm³/mol. The highest BCUT2D eigenvalue weighted by molar-refractivity contribution is 5.98. The molecule has 0 aliphatic heterocycles. The lowest BCUT2D eigenvalue weighted by molar-refractivity contribution is 0.0941. The molecule has 0 atom stereocenters. The van der Waals surface area contributed by atoms with Crippen molar-refractivity contribution in [2.45, 2.75) is 25.7 Å². The number of amides is 1. The molecule has 3 rings (SSSR count). The number of carbonyl (C=O) groups excluding carboxylic acids is 1. The Bertz CT molecular complexity index is 481. The molecule has 4 N–H and O–H groups in total. The molecule has 1 aromatic rings. The highest BCUT2D eigenvalue weighted by atomic mass is 16.3. The van der Waals surface area contributed by atoms with Crippen LogP contribution in [0.5, 0.6) is 5.75 Å². The average Bonchev–Trinajstić information content (AvgIpc) is 3.26. The molecule has 0 aromatic heterocycles. The number of phenols is 1. The van der Waals surface area contributed by atoms with E-state index in [2.05, 4.69) is 5.32 Å². The van der Waals surface area contributed by atoms with Crippen molar-refractivity contribution in [3.63, 3.8) is 0 Å². The lowest BCUT2D eigenvalue weighted by Crippen LogP contribution is -2.31. The van der Waals surface area contributed by atoms with E-state index in [0.717, 1.165) is 18.4 Å². The van der Waals surface area contributed by atoms with E-state index in [9.17, 15) is 9.90 Å². The summed E-state index contributed by atoms with van der Waals surface area (Å²) >= 11 is 0. The van der Waals surface area contributed by atoms with Crippen molar-refractivity contribution in [1.29, 1.82) is 0 Å². The molecule has 2 saturated carbocycles. The van der Waals surface area contributed by atoms with Gasteiger partial charge in [0.1, 0.15) is 0 Å². The zero-order chi connectivity index (χ0) is 13.4. The van der Waals surface area contributed by atoms with E-state index in [1.165, 1.54) is 25.7 Å². The number of anilines is 1. The minimum atomic E-state index is -0.226. The molecule has 1 aromatic carbocycles. The molecule has 4 heteroatoms. The highest BCUT2D eigenvalue weighted by Gasteiger charge is 2.41. The Labute approximate surface area is 113 Å². The summed E-state index contributed by atoms with van der Waals surface area (Å²) in [6.07, 6.45) is 5.22. The molecular weight excluding hydrogens is 240 g/mol. The van der Waals surface area contributed by atoms with Gasteiger partial charge >= 0.3 is 0 Å². The average molecular weight is 260 g/mol. The van der Waals surface area contributed by atoms with E-state index >= 15 is 0 Å². The number of nitrogens with one attached hydrogen (secondary N) is 1. The van der Waals surface area contributed by atoms with E-state index in [1.807, 2.05) is 0 Å². The van der Waals surface area contributed by atoms with E-state index in [1.54, 1.807) is 18.2 Å². The summed E-state index contributed by atoms with van der Waals surface area (Å²) in [4.78, 5) is 12.1. The summed E-state index contributed by atoms with van der Waals surface area (Å²) in [5.74, 6) is 1.90. The van der Waals surface area contributed by atoms with Crippen molar-refractivity contribution >= 4 is 11.6 Å². The first kappa shape index (κ1) is 12.3. The van der Waals surface area contributed by atoms with Crippen LogP contribution in [0, 0.1) is 17.8 Å². The number of hydrogen-bond donors (Lipinski definition) is 3. The SMILES string of the molecule is Nc1cccc(C(=O)NCC(C2CC2)C2CC2)c1O. The quantitative estimate of drug-likeness (QED) is 0.561. The molecule has 0 spiro atoms. The second-order valence-corrected chi connectivity index (χ2v) is 5.79. The van der Waals surface area contributed by atoms with Crippen molar-refractivity contribution in [1.82, 2.24) is 5.32 Å². The Morgan fingerprint density at radius 3 is 2.53 bits per heavy atom. The fraction of sp³-hybridized carbons (Fsp3) is 0.533. The number of para-hydroxylation sites is 1. The predicted octanol–water partition coefficient (Wildman–Crippen LogP) is 2.14. The zero-order valence-corrected chi connectivity index (χ0v) is 10.9. The van der Waals surface area contributed by atoms with Crippen LogP contribution in [0.2, 0.25) is 0 Å². The third-order valence-corrected chi connectivity index (χ3v) is 4.27. The molecule has 0 radical (unpaired) electrons. The Kier molecular flexibility index (Phi) is 3.09. The maximum atomic E-state index is 12.1. The number of nitrogens with two attached hydrogens (primary N) is 1. The maximum absolute atomic E-state index is 12.1. The van der Waals surface area contributed by atoms with E-state index in [-0.39, 0.29) is 22.9 Å². The Morgan fingerprint density at radius 2 is 1.95 bits per heavy atom. The molecule has 1 amide bonds. The molecule has 0 saturated heterocycles. The van der Waals surface area contributed by atoms with Crippen LogP contribution in [-0.4, -0.2) is 17.6 Å². The van der Waals surface area contributed by atoms with Crippen LogP contribution < -0.4 is 11.1 Å². The minimum Gasteiger partial charge on any atom is -0.505 e. The van der Waals surface area contributed by atoms with E-state index in [0.29, 0.717) is 5.92 Å². The van der Waals surface area contributed by atoms with Gasteiger partial charge in [0.05, 0.1) is 11.3 Å². The molecule has 102 valence electrons. The number of carbonyl (C=O) groups is 1. The summed E-state index contributed by atoms with van der Waals surface area (Å²) in [5, 5.41) is 12.7. The number of nitrogen functional groups attached to an aromatic ring is 1. The van der Waals surface area contributed by atoms with Crippen molar-refractivity contribution < 1.29 is 9.90 Å². The van der Waals surface area contributed by atoms with Gasteiger partial charge in [-0.05, 0) is 55.6 Å². The van der Waals surface area contributed by atoms with Gasteiger partial charge in [-0.1, -0.05) is 6.07 Å². The summed E-state index contributed by atoms with van der Waals surface area (Å²) in [6.45, 7) is 0.725. The largest absolute Gasteiger partial charge is 0.505 e. The zero-order valence-electron chi connectivity index (χ0n) is 10.9. The number of phenolic OH excluding ortho intramolecular Hbond substituents is 1. The van der Waals surface area contributed by atoms with Gasteiger partial charge in [-0.3, -0.25) is 4.79 Å². The topological polar surface area (TPSA) is 75.4 Å². The highest BCUT2D eigenvalue weighted by Crippen LogP contribution is 2.48. The van der Waals surface area contributed by atoms with Crippen molar-refractivity contribution in [3.8, 4) is 5.75 Å². The molecule has 2 aliphatic rings. The van der Waals surface area contributed by atoms with Gasteiger partial charge in [0.15, 0.2) is 5.75 Å². The molecule has 0 bridgehead atoms. The van der Waals surface area contributed by atoms with Crippen LogP contribution in [0.3, 0.4) is 0 Å². The summed E-state index contributed by atoms with van der Waals surface area (Å²) in [5.41, 5.74) is 6.11. The van der Waals surface area contributed by atoms with Crippen LogP contribution in [0.1, 0.15) is 36.0 Å². The van der Waals surface area contributed by atoms with Crippen LogP contribution in [0.25, 0.3) is 0 Å². The van der Waals surface area contributed by atoms with Gasteiger partial charge in [0.2, 0.25) is 0 Å². The van der Waals surface area contributed by atoms with Gasteiger partial charge < -0.3 is 16.2 Å². The third-order valence-electron chi connectivity index (χ3n) is 4.27. The van der Waals surface area contributed by atoms with Crippen molar-refractivity contribution in [2.75, 3.05) is 12.3 Å². The molecule has 4 nitrogen and oxygen atoms in total. The summed E-state index contributed by atoms with van der Waals surface area (Å²) in [7, 11) is 0. The first-order chi connectivity index (χ1) is 9.16. The Hall–Kier alpha value is -1.71. The fourth-order valence-electron chi connectivity index (χ4n) is 2.82. The first-order valence-corrected chi connectivity index (χ1v) is 7.02. The third kappa shape index (κ3) is 2.67. The number of rotatable bonds is 5.